The third-order valence-corrected chi connectivity index (χ3v) is 6.88. The molecule has 1 amide bonds. The molecular formula is C31H25F2N3O4. The molecule has 202 valence electrons. The lowest BCUT2D eigenvalue weighted by Crippen LogP contribution is -2.35. The summed E-state index contributed by atoms with van der Waals surface area (Å²) in [5, 5.41) is 14.9. The van der Waals surface area contributed by atoms with Gasteiger partial charge in [0.25, 0.3) is 5.91 Å². The van der Waals surface area contributed by atoms with Gasteiger partial charge in [-0.05, 0) is 90.6 Å². The molecule has 7 nitrogen and oxygen atoms in total. The Morgan fingerprint density at radius 2 is 1.65 bits per heavy atom. The minimum Gasteiger partial charge on any atom is -0.482 e. The van der Waals surface area contributed by atoms with E-state index in [2.05, 4.69) is 5.10 Å². The summed E-state index contributed by atoms with van der Waals surface area (Å²) in [5.41, 5.74) is 3.68. The molecular weight excluding hydrogens is 516 g/mol. The lowest BCUT2D eigenvalue weighted by molar-refractivity contribution is -0.154. The largest absolute Gasteiger partial charge is 0.482 e. The van der Waals surface area contributed by atoms with Gasteiger partial charge in [-0.3, -0.25) is 4.79 Å². The van der Waals surface area contributed by atoms with Crippen LogP contribution in [-0.2, 0) is 14.3 Å². The second-order valence-corrected chi connectivity index (χ2v) is 9.53. The summed E-state index contributed by atoms with van der Waals surface area (Å²) in [4.78, 5) is 25.6. The van der Waals surface area contributed by atoms with Gasteiger partial charge >= 0.3 is 5.97 Å². The Kier molecular flexibility index (Phi) is 7.97. The molecule has 0 saturated heterocycles. The highest BCUT2D eigenvalue weighted by atomic mass is 19.1. The number of halogens is 2. The molecule has 9 heteroatoms. The molecule has 3 aromatic rings. The smallest absolute Gasteiger partial charge is 0.344 e. The molecule has 0 radical (unpaired) electrons. The predicted octanol–water partition coefficient (Wildman–Crippen LogP) is 5.58. The Morgan fingerprint density at radius 3 is 2.33 bits per heavy atom. The van der Waals surface area contributed by atoms with Gasteiger partial charge in [0.05, 0.1) is 23.4 Å². The average molecular weight is 542 g/mol. The zero-order valence-electron chi connectivity index (χ0n) is 21.4. The predicted molar refractivity (Wildman–Crippen MR) is 143 cm³/mol. The first-order valence-electron chi connectivity index (χ1n) is 12.8. The van der Waals surface area contributed by atoms with Gasteiger partial charge in [0.2, 0.25) is 0 Å². The Morgan fingerprint density at radius 1 is 0.975 bits per heavy atom. The van der Waals surface area contributed by atoms with Crippen molar-refractivity contribution in [2.75, 3.05) is 13.2 Å². The molecule has 1 aliphatic carbocycles. The van der Waals surface area contributed by atoms with E-state index in [0.29, 0.717) is 11.3 Å². The van der Waals surface area contributed by atoms with Crippen LogP contribution in [0, 0.1) is 28.9 Å². The zero-order chi connectivity index (χ0) is 28.1. The van der Waals surface area contributed by atoms with Gasteiger partial charge in [-0.15, -0.1) is 0 Å². The minimum absolute atomic E-state index is 0.134. The monoisotopic (exact) mass is 541 g/mol. The molecule has 1 heterocycles. The fourth-order valence-corrected chi connectivity index (χ4v) is 4.98. The van der Waals surface area contributed by atoms with E-state index >= 15 is 0 Å². The Labute approximate surface area is 229 Å². The first-order chi connectivity index (χ1) is 19.4. The van der Waals surface area contributed by atoms with E-state index in [9.17, 15) is 18.4 Å². The number of allylic oxidation sites excluding steroid dienone is 1. The molecule has 1 saturated carbocycles. The molecule has 1 fully saturated rings. The normalized spacial score (nSPS) is 19.0. The Hall–Kier alpha value is -4.84. The summed E-state index contributed by atoms with van der Waals surface area (Å²) in [7, 11) is 0. The second-order valence-electron chi connectivity index (χ2n) is 9.53. The van der Waals surface area contributed by atoms with E-state index in [0.717, 1.165) is 41.7 Å². The van der Waals surface area contributed by atoms with Crippen molar-refractivity contribution in [3.8, 4) is 11.8 Å². The van der Waals surface area contributed by atoms with E-state index < -0.39 is 36.9 Å². The quantitative estimate of drug-likeness (QED) is 0.364. The molecule has 0 N–H and O–H groups in total. The number of carbonyl (C=O) groups excluding carboxylic acids is 2. The van der Waals surface area contributed by atoms with Crippen molar-refractivity contribution in [3.05, 3.63) is 107 Å². The van der Waals surface area contributed by atoms with Crippen molar-refractivity contribution in [2.24, 2.45) is 11.0 Å². The molecule has 0 bridgehead atoms. The van der Waals surface area contributed by atoms with Crippen LogP contribution < -0.4 is 4.74 Å². The maximum atomic E-state index is 13.7. The second kappa shape index (κ2) is 11.9. The van der Waals surface area contributed by atoms with Gasteiger partial charge in [-0.1, -0.05) is 24.3 Å². The Bertz CT molecular complexity index is 1490. The minimum atomic E-state index is -0.739. The van der Waals surface area contributed by atoms with Gasteiger partial charge in [-0.2, -0.15) is 10.4 Å². The maximum Gasteiger partial charge on any atom is 0.344 e. The zero-order valence-corrected chi connectivity index (χ0v) is 21.4. The topological polar surface area (TPSA) is 92.0 Å². The van der Waals surface area contributed by atoms with E-state index in [1.807, 2.05) is 12.1 Å². The molecule has 2 unspecified atom stereocenters. The molecule has 5 rings (SSSR count). The summed E-state index contributed by atoms with van der Waals surface area (Å²) in [6.07, 6.45) is 4.31. The van der Waals surface area contributed by atoms with Gasteiger partial charge in [0, 0.05) is 5.92 Å². The standard InChI is InChI=1S/C31H25F2N3O4/c32-24-10-4-20(5-11-24)16-23-2-1-3-27-30(23)35-36(31(27)22-8-12-25(33)13-9-22)28(37)18-40-29(38)19-39-26-14-6-21(17-34)7-15-26/h4-16,27,31H,1-3,18-19H2. The third-order valence-electron chi connectivity index (χ3n) is 6.88. The van der Waals surface area contributed by atoms with Gasteiger partial charge in [-0.25, -0.2) is 18.6 Å². The first kappa shape index (κ1) is 26.8. The number of benzene rings is 3. The van der Waals surface area contributed by atoms with Crippen LogP contribution in [0.25, 0.3) is 6.08 Å². The summed E-state index contributed by atoms with van der Waals surface area (Å²) in [6, 6.07) is 19.8. The molecule has 2 aliphatic rings. The number of hydrogen-bond donors (Lipinski definition) is 0. The van der Waals surface area contributed by atoms with Crippen LogP contribution in [0.15, 0.2) is 83.5 Å². The van der Waals surface area contributed by atoms with Crippen LogP contribution in [0.3, 0.4) is 0 Å². The summed E-state index contributed by atoms with van der Waals surface area (Å²) < 4.78 is 37.7. The van der Waals surface area contributed by atoms with E-state index in [1.165, 1.54) is 29.3 Å². The van der Waals surface area contributed by atoms with Crippen molar-refractivity contribution in [2.45, 2.75) is 25.3 Å². The van der Waals surface area contributed by atoms with E-state index in [4.69, 9.17) is 14.7 Å². The number of rotatable bonds is 7. The number of carbonyl (C=O) groups is 2. The van der Waals surface area contributed by atoms with E-state index in [-0.39, 0.29) is 11.7 Å². The van der Waals surface area contributed by atoms with Crippen LogP contribution in [0.4, 0.5) is 8.78 Å². The van der Waals surface area contributed by atoms with Crippen LogP contribution in [0.2, 0.25) is 0 Å². The highest BCUT2D eigenvalue weighted by Gasteiger charge is 2.43. The third kappa shape index (κ3) is 6.07. The summed E-state index contributed by atoms with van der Waals surface area (Å²) in [5.74, 6) is -1.73. The van der Waals surface area contributed by atoms with Crippen LogP contribution >= 0.6 is 0 Å². The number of fused-ring (bicyclic) bond motifs is 1. The fraction of sp³-hybridized carbons (Fsp3) is 0.226. The van der Waals surface area contributed by atoms with Crippen LogP contribution in [0.1, 0.15) is 42.0 Å². The lowest BCUT2D eigenvalue weighted by atomic mass is 9.77. The van der Waals surface area contributed by atoms with Crippen LogP contribution in [0.5, 0.6) is 5.75 Å². The molecule has 0 spiro atoms. The highest BCUT2D eigenvalue weighted by Crippen LogP contribution is 2.44. The molecule has 0 aromatic heterocycles. The van der Waals surface area contributed by atoms with E-state index in [1.54, 1.807) is 48.5 Å². The SMILES string of the molecule is N#Cc1ccc(OCC(=O)OCC(=O)N2N=C3C(=Cc4ccc(F)cc4)CCCC3C2c2ccc(F)cc2)cc1. The van der Waals surface area contributed by atoms with Crippen LogP contribution in [-0.4, -0.2) is 35.8 Å². The number of hydrazone groups is 1. The maximum absolute atomic E-state index is 13.7. The average Bonchev–Trinajstić information content (AvgIpc) is 3.37. The lowest BCUT2D eigenvalue weighted by Gasteiger charge is -2.29. The van der Waals surface area contributed by atoms with Crippen molar-refractivity contribution in [1.29, 1.82) is 5.26 Å². The number of nitriles is 1. The van der Waals surface area contributed by atoms with Crippen molar-refractivity contribution in [1.82, 2.24) is 5.01 Å². The number of esters is 1. The van der Waals surface area contributed by atoms with Gasteiger partial charge < -0.3 is 9.47 Å². The van der Waals surface area contributed by atoms with Gasteiger partial charge in [0.15, 0.2) is 13.2 Å². The highest BCUT2D eigenvalue weighted by molar-refractivity contribution is 6.08. The fourth-order valence-electron chi connectivity index (χ4n) is 4.98. The molecule has 1 aliphatic heterocycles. The van der Waals surface area contributed by atoms with Crippen molar-refractivity contribution < 1.29 is 27.8 Å². The molecule has 40 heavy (non-hydrogen) atoms. The van der Waals surface area contributed by atoms with Crippen molar-refractivity contribution >= 4 is 23.7 Å². The number of amides is 1. The molecule has 2 atom stereocenters. The summed E-state index contributed by atoms with van der Waals surface area (Å²) in [6.45, 7) is -0.962. The molecule has 3 aromatic carbocycles. The van der Waals surface area contributed by atoms with Gasteiger partial charge in [0.1, 0.15) is 17.4 Å². The Balaban J connectivity index is 1.32. The number of hydrogen-bond acceptors (Lipinski definition) is 6. The number of ether oxygens (including phenoxy) is 2. The first-order valence-corrected chi connectivity index (χ1v) is 12.8. The number of nitrogens with zero attached hydrogens (tertiary/aromatic N) is 3. The van der Waals surface area contributed by atoms with Crippen molar-refractivity contribution in [3.63, 3.8) is 0 Å². The summed E-state index contributed by atoms with van der Waals surface area (Å²) >= 11 is 0.